The van der Waals surface area contributed by atoms with Gasteiger partial charge in [0.25, 0.3) is 5.56 Å². The summed E-state index contributed by atoms with van der Waals surface area (Å²) in [4.78, 5) is 32.5. The molecule has 234 valence electrons. The summed E-state index contributed by atoms with van der Waals surface area (Å²) in [5, 5.41) is 1.34. The van der Waals surface area contributed by atoms with Gasteiger partial charge in [-0.2, -0.15) is 0 Å². The summed E-state index contributed by atoms with van der Waals surface area (Å²) in [6.07, 6.45) is 1.71. The number of ether oxygens (including phenoxy) is 4. The van der Waals surface area contributed by atoms with Crippen LogP contribution >= 0.6 is 46.1 Å². The first-order valence-corrected chi connectivity index (χ1v) is 16.0. The first-order chi connectivity index (χ1) is 21.6. The maximum Gasteiger partial charge on any atom is 0.338 e. The Hall–Kier alpha value is -3.76. The lowest BCUT2D eigenvalue weighted by molar-refractivity contribution is -0.139. The molecule has 0 fully saturated rings. The van der Waals surface area contributed by atoms with E-state index in [0.717, 1.165) is 5.56 Å². The number of thiazole rings is 1. The molecule has 4 aromatic rings. The molecule has 45 heavy (non-hydrogen) atoms. The second kappa shape index (κ2) is 14.1. The molecule has 12 heteroatoms. The number of rotatable bonds is 10. The van der Waals surface area contributed by atoms with Crippen LogP contribution in [0.1, 0.15) is 43.5 Å². The Morgan fingerprint density at radius 3 is 2.44 bits per heavy atom. The van der Waals surface area contributed by atoms with Crippen LogP contribution in [0.5, 0.6) is 17.2 Å². The van der Waals surface area contributed by atoms with Gasteiger partial charge in [0.05, 0.1) is 52.2 Å². The Balaban J connectivity index is 1.63. The number of carbonyl (C=O) groups excluding carboxylic acids is 1. The van der Waals surface area contributed by atoms with E-state index in [1.807, 2.05) is 13.0 Å². The molecule has 1 aliphatic rings. The number of benzene rings is 3. The van der Waals surface area contributed by atoms with E-state index in [9.17, 15) is 9.59 Å². The van der Waals surface area contributed by atoms with Crippen molar-refractivity contribution in [3.63, 3.8) is 0 Å². The molecule has 0 radical (unpaired) electrons. The van der Waals surface area contributed by atoms with Crippen LogP contribution in [0.25, 0.3) is 6.08 Å². The molecular weight excluding hydrogens is 659 g/mol. The van der Waals surface area contributed by atoms with Crippen LogP contribution in [0, 0.1) is 0 Å². The second-order valence-electron chi connectivity index (χ2n) is 9.86. The summed E-state index contributed by atoms with van der Waals surface area (Å²) in [5.74, 6) is 0.966. The van der Waals surface area contributed by atoms with E-state index in [2.05, 4.69) is 4.99 Å². The van der Waals surface area contributed by atoms with Crippen LogP contribution in [-0.4, -0.2) is 30.9 Å². The fourth-order valence-corrected chi connectivity index (χ4v) is 6.47. The zero-order valence-electron chi connectivity index (χ0n) is 24.9. The van der Waals surface area contributed by atoms with Gasteiger partial charge in [-0.15, -0.1) is 0 Å². The Kier molecular flexibility index (Phi) is 10.2. The van der Waals surface area contributed by atoms with Crippen molar-refractivity contribution in [3.05, 3.63) is 117 Å². The highest BCUT2D eigenvalue weighted by molar-refractivity contribution is 7.07. The quantitative estimate of drug-likeness (QED) is 0.172. The summed E-state index contributed by atoms with van der Waals surface area (Å²) in [6.45, 7) is 6.10. The number of esters is 1. The average molecular weight is 688 g/mol. The maximum absolute atomic E-state index is 14.2. The molecule has 3 aromatic carbocycles. The van der Waals surface area contributed by atoms with Crippen molar-refractivity contribution in [2.24, 2.45) is 4.99 Å². The Labute approximate surface area is 278 Å². The van der Waals surface area contributed by atoms with Gasteiger partial charge >= 0.3 is 5.97 Å². The number of allylic oxidation sites excluding steroid dienone is 1. The third-order valence-electron chi connectivity index (χ3n) is 6.96. The average Bonchev–Trinajstić information content (AvgIpc) is 3.31. The summed E-state index contributed by atoms with van der Waals surface area (Å²) < 4.78 is 24.7. The number of hydrogen-bond donors (Lipinski definition) is 0. The van der Waals surface area contributed by atoms with E-state index in [0.29, 0.717) is 65.1 Å². The van der Waals surface area contributed by atoms with Gasteiger partial charge in [0.2, 0.25) is 0 Å². The number of fused-ring (bicyclic) bond motifs is 1. The molecule has 1 aliphatic heterocycles. The van der Waals surface area contributed by atoms with Crippen molar-refractivity contribution in [1.29, 1.82) is 0 Å². The Morgan fingerprint density at radius 2 is 1.73 bits per heavy atom. The molecular formula is C33H29Cl3N2O6S. The van der Waals surface area contributed by atoms with Gasteiger partial charge in [-0.3, -0.25) is 9.36 Å². The number of nitrogens with zero attached hydrogens (tertiary/aromatic N) is 2. The molecule has 0 spiro atoms. The number of carbonyl (C=O) groups is 1. The first-order valence-electron chi connectivity index (χ1n) is 14.0. The molecule has 8 nitrogen and oxygen atoms in total. The van der Waals surface area contributed by atoms with Crippen molar-refractivity contribution >= 4 is 58.2 Å². The molecule has 0 unspecified atom stereocenters. The summed E-state index contributed by atoms with van der Waals surface area (Å²) in [7, 11) is 1.55. The normalized spacial score (nSPS) is 14.6. The molecule has 2 heterocycles. The van der Waals surface area contributed by atoms with Crippen LogP contribution in [-0.2, 0) is 16.1 Å². The lowest BCUT2D eigenvalue weighted by Crippen LogP contribution is -2.40. The van der Waals surface area contributed by atoms with Gasteiger partial charge in [0, 0.05) is 10.6 Å². The fourth-order valence-electron chi connectivity index (χ4n) is 4.93. The molecule has 0 N–H and O–H groups in total. The SMILES string of the molecule is CCOC(=O)C1=C(C)N=c2s/c(=C\c3cc(Cl)ccc3OCc3ccc(Cl)c(Cl)c3)c(=O)n2[C@@H]1c1ccc(OC)c(OCC)c1. The lowest BCUT2D eigenvalue weighted by Gasteiger charge is -2.25. The number of methoxy groups -OCH3 is 1. The monoisotopic (exact) mass is 686 g/mol. The van der Waals surface area contributed by atoms with E-state index >= 15 is 0 Å². The van der Waals surface area contributed by atoms with Crippen LogP contribution in [0.3, 0.4) is 0 Å². The zero-order chi connectivity index (χ0) is 32.2. The van der Waals surface area contributed by atoms with Crippen LogP contribution in [0.4, 0.5) is 0 Å². The smallest absolute Gasteiger partial charge is 0.338 e. The highest BCUT2D eigenvalue weighted by Gasteiger charge is 2.34. The van der Waals surface area contributed by atoms with Crippen molar-refractivity contribution in [2.45, 2.75) is 33.4 Å². The van der Waals surface area contributed by atoms with Crippen LogP contribution in [0.15, 0.2) is 75.7 Å². The zero-order valence-corrected chi connectivity index (χ0v) is 27.9. The largest absolute Gasteiger partial charge is 0.493 e. The van der Waals surface area contributed by atoms with E-state index in [1.165, 1.54) is 15.9 Å². The molecule has 0 saturated carbocycles. The van der Waals surface area contributed by atoms with E-state index in [1.54, 1.807) is 75.6 Å². The van der Waals surface area contributed by atoms with Crippen molar-refractivity contribution < 1.29 is 23.7 Å². The lowest BCUT2D eigenvalue weighted by atomic mass is 9.95. The first kappa shape index (κ1) is 32.6. The van der Waals surface area contributed by atoms with E-state index in [-0.39, 0.29) is 24.3 Å². The van der Waals surface area contributed by atoms with Gasteiger partial charge in [0.1, 0.15) is 12.4 Å². The minimum absolute atomic E-state index is 0.166. The minimum atomic E-state index is -0.822. The highest BCUT2D eigenvalue weighted by Crippen LogP contribution is 2.36. The van der Waals surface area contributed by atoms with E-state index < -0.39 is 12.0 Å². The van der Waals surface area contributed by atoms with Crippen LogP contribution < -0.4 is 29.1 Å². The number of hydrogen-bond acceptors (Lipinski definition) is 8. The molecule has 0 aliphatic carbocycles. The minimum Gasteiger partial charge on any atom is -0.493 e. The summed E-state index contributed by atoms with van der Waals surface area (Å²) >= 11 is 19.8. The molecule has 0 saturated heterocycles. The molecule has 1 aromatic heterocycles. The third-order valence-corrected chi connectivity index (χ3v) is 8.91. The predicted octanol–water partition coefficient (Wildman–Crippen LogP) is 6.74. The van der Waals surface area contributed by atoms with Gasteiger partial charge in [-0.25, -0.2) is 9.79 Å². The maximum atomic E-state index is 14.2. The fraction of sp³-hybridized carbons (Fsp3) is 0.242. The Morgan fingerprint density at radius 1 is 0.956 bits per heavy atom. The topological polar surface area (TPSA) is 88.4 Å². The molecule has 0 amide bonds. The van der Waals surface area contributed by atoms with E-state index in [4.69, 9.17) is 53.8 Å². The van der Waals surface area contributed by atoms with Gasteiger partial charge in [-0.05, 0) is 80.4 Å². The van der Waals surface area contributed by atoms with Crippen LogP contribution in [0.2, 0.25) is 15.1 Å². The van der Waals surface area contributed by atoms with Gasteiger partial charge < -0.3 is 18.9 Å². The van der Waals surface area contributed by atoms with Crippen molar-refractivity contribution in [2.75, 3.05) is 20.3 Å². The highest BCUT2D eigenvalue weighted by atomic mass is 35.5. The molecule has 5 rings (SSSR count). The Bertz CT molecular complexity index is 1980. The standard InChI is InChI=1S/C33H29Cl3N2O6S/c1-5-42-27-15-20(8-11-26(27)41-4)30-29(32(40)43-6-2)18(3)37-33-38(30)31(39)28(45-33)16-21-14-22(34)9-12-25(21)44-17-19-7-10-23(35)24(36)13-19/h7-16,30H,5-6,17H2,1-4H3/b28-16-/t30-/m1/s1. The van der Waals surface area contributed by atoms with Gasteiger partial charge in [0.15, 0.2) is 16.3 Å². The third kappa shape index (κ3) is 6.92. The van der Waals surface area contributed by atoms with Crippen molar-refractivity contribution in [1.82, 2.24) is 4.57 Å². The molecule has 1 atom stereocenters. The molecule has 0 bridgehead atoms. The second-order valence-corrected chi connectivity index (χ2v) is 12.1. The summed E-state index contributed by atoms with van der Waals surface area (Å²) in [6, 6.07) is 14.9. The van der Waals surface area contributed by atoms with Gasteiger partial charge in [-0.1, -0.05) is 58.3 Å². The number of halogens is 3. The predicted molar refractivity (Wildman–Crippen MR) is 177 cm³/mol. The summed E-state index contributed by atoms with van der Waals surface area (Å²) in [5.41, 5.74) is 2.41. The number of aromatic nitrogens is 1. The van der Waals surface area contributed by atoms with Crippen molar-refractivity contribution in [3.8, 4) is 17.2 Å².